The maximum atomic E-state index is 13.0. The average molecular weight is 444 g/mol. The number of likely N-dealkylation sites (tertiary alicyclic amines) is 1. The lowest BCUT2D eigenvalue weighted by molar-refractivity contribution is -0.126. The van der Waals surface area contributed by atoms with Gasteiger partial charge in [0, 0.05) is 30.1 Å². The van der Waals surface area contributed by atoms with Gasteiger partial charge < -0.3 is 14.7 Å². The normalized spacial score (nSPS) is 15.7. The number of aryl methyl sites for hydroxylation is 1. The number of thiophene rings is 1. The van der Waals surface area contributed by atoms with Crippen molar-refractivity contribution in [2.45, 2.75) is 25.8 Å². The summed E-state index contributed by atoms with van der Waals surface area (Å²) >= 11 is 7.62. The van der Waals surface area contributed by atoms with Gasteiger partial charge in [-0.05, 0) is 59.9 Å². The number of hydrogen-bond donors (Lipinski definition) is 1. The number of carbonyl (C=O) groups is 2. The zero-order valence-electron chi connectivity index (χ0n) is 16.5. The molecule has 0 radical (unpaired) electrons. The maximum absolute atomic E-state index is 13.0. The molecule has 2 amide bonds. The standard InChI is InChI=1S/C22H22ClN3O3S/c1-14-12-19(25-29-14)22(28)26-9-6-16(7-10-26)21(27)24-20(17-8-11-30-13-17)15-2-4-18(23)5-3-15/h2-5,8,11-13,16,20H,6-7,9-10H2,1H3,(H,24,27). The third kappa shape index (κ3) is 4.57. The third-order valence-electron chi connectivity index (χ3n) is 5.37. The van der Waals surface area contributed by atoms with Gasteiger partial charge in [0.2, 0.25) is 5.91 Å². The Bertz CT molecular complexity index is 1010. The lowest BCUT2D eigenvalue weighted by atomic mass is 9.94. The van der Waals surface area contributed by atoms with E-state index >= 15 is 0 Å². The molecule has 1 aliphatic heterocycles. The highest BCUT2D eigenvalue weighted by Gasteiger charge is 2.30. The van der Waals surface area contributed by atoms with E-state index in [-0.39, 0.29) is 23.8 Å². The van der Waals surface area contributed by atoms with Gasteiger partial charge in [-0.3, -0.25) is 9.59 Å². The van der Waals surface area contributed by atoms with Crippen LogP contribution in [0.15, 0.2) is 51.7 Å². The molecule has 1 aromatic carbocycles. The Morgan fingerprint density at radius 3 is 2.53 bits per heavy atom. The van der Waals surface area contributed by atoms with Gasteiger partial charge in [0.15, 0.2) is 5.69 Å². The van der Waals surface area contributed by atoms with Crippen LogP contribution in [-0.2, 0) is 4.79 Å². The van der Waals surface area contributed by atoms with Gasteiger partial charge in [0.05, 0.1) is 6.04 Å². The van der Waals surface area contributed by atoms with Crippen molar-refractivity contribution in [3.8, 4) is 0 Å². The molecular formula is C22H22ClN3O3S. The van der Waals surface area contributed by atoms with Crippen LogP contribution >= 0.6 is 22.9 Å². The quantitative estimate of drug-likeness (QED) is 0.631. The van der Waals surface area contributed by atoms with Crippen LogP contribution in [-0.4, -0.2) is 35.0 Å². The summed E-state index contributed by atoms with van der Waals surface area (Å²) < 4.78 is 5.00. The predicted molar refractivity (Wildman–Crippen MR) is 116 cm³/mol. The highest BCUT2D eigenvalue weighted by Crippen LogP contribution is 2.27. The molecule has 2 aromatic heterocycles. The Morgan fingerprint density at radius 2 is 1.93 bits per heavy atom. The summed E-state index contributed by atoms with van der Waals surface area (Å²) in [4.78, 5) is 27.3. The zero-order valence-corrected chi connectivity index (χ0v) is 18.1. The molecule has 3 aromatic rings. The second kappa shape index (κ2) is 9.02. The Balaban J connectivity index is 1.40. The van der Waals surface area contributed by atoms with E-state index in [1.54, 1.807) is 29.2 Å². The topological polar surface area (TPSA) is 75.4 Å². The van der Waals surface area contributed by atoms with Crippen LogP contribution in [0.4, 0.5) is 0 Å². The highest BCUT2D eigenvalue weighted by atomic mass is 35.5. The monoisotopic (exact) mass is 443 g/mol. The molecule has 6 nitrogen and oxygen atoms in total. The van der Waals surface area contributed by atoms with Crippen LogP contribution in [0.25, 0.3) is 0 Å². The fraction of sp³-hybridized carbons (Fsp3) is 0.318. The van der Waals surface area contributed by atoms with Crippen LogP contribution in [0.1, 0.15) is 46.3 Å². The van der Waals surface area contributed by atoms with E-state index in [1.165, 1.54) is 0 Å². The van der Waals surface area contributed by atoms with Gasteiger partial charge in [-0.25, -0.2) is 0 Å². The molecule has 1 saturated heterocycles. The minimum absolute atomic E-state index is 0.00512. The van der Waals surface area contributed by atoms with Crippen molar-refractivity contribution >= 4 is 34.8 Å². The molecule has 1 N–H and O–H groups in total. The SMILES string of the molecule is Cc1cc(C(=O)N2CCC(C(=O)NC(c3ccc(Cl)cc3)c3ccsc3)CC2)no1. The molecule has 1 unspecified atom stereocenters. The summed E-state index contributed by atoms with van der Waals surface area (Å²) in [7, 11) is 0. The summed E-state index contributed by atoms with van der Waals surface area (Å²) in [6.07, 6.45) is 1.23. The van der Waals surface area contributed by atoms with Crippen molar-refractivity contribution in [1.82, 2.24) is 15.4 Å². The van der Waals surface area contributed by atoms with Crippen LogP contribution < -0.4 is 5.32 Å². The van der Waals surface area contributed by atoms with E-state index in [1.807, 2.05) is 41.1 Å². The number of piperidine rings is 1. The van der Waals surface area contributed by atoms with E-state index in [2.05, 4.69) is 10.5 Å². The number of nitrogens with one attached hydrogen (secondary N) is 1. The lowest BCUT2D eigenvalue weighted by Gasteiger charge is -2.31. The highest BCUT2D eigenvalue weighted by molar-refractivity contribution is 7.08. The number of nitrogens with zero attached hydrogens (tertiary/aromatic N) is 2. The number of carbonyl (C=O) groups excluding carboxylic acids is 2. The number of benzene rings is 1. The van der Waals surface area contributed by atoms with E-state index in [0.717, 1.165) is 11.1 Å². The van der Waals surface area contributed by atoms with E-state index in [0.29, 0.717) is 42.4 Å². The first kappa shape index (κ1) is 20.6. The fourth-order valence-corrected chi connectivity index (χ4v) is 4.50. The fourth-order valence-electron chi connectivity index (χ4n) is 3.69. The largest absolute Gasteiger partial charge is 0.361 e. The summed E-state index contributed by atoms with van der Waals surface area (Å²) in [5.41, 5.74) is 2.35. The molecule has 0 saturated carbocycles. The Hall–Kier alpha value is -2.64. The van der Waals surface area contributed by atoms with Gasteiger partial charge in [-0.2, -0.15) is 11.3 Å². The molecular weight excluding hydrogens is 422 g/mol. The Morgan fingerprint density at radius 1 is 1.20 bits per heavy atom. The zero-order chi connectivity index (χ0) is 21.1. The summed E-state index contributed by atoms with van der Waals surface area (Å²) in [5, 5.41) is 11.7. The van der Waals surface area contributed by atoms with Crippen molar-refractivity contribution in [2.24, 2.45) is 5.92 Å². The summed E-state index contributed by atoms with van der Waals surface area (Å²) in [6, 6.07) is 11.0. The van der Waals surface area contributed by atoms with Gasteiger partial charge in [-0.1, -0.05) is 28.9 Å². The summed E-state index contributed by atoms with van der Waals surface area (Å²) in [5.74, 6) is 0.323. The first-order chi connectivity index (χ1) is 14.5. The van der Waals surface area contributed by atoms with Crippen molar-refractivity contribution < 1.29 is 14.1 Å². The van der Waals surface area contributed by atoms with Crippen molar-refractivity contribution in [3.63, 3.8) is 0 Å². The molecule has 0 bridgehead atoms. The van der Waals surface area contributed by atoms with Gasteiger partial charge in [0.25, 0.3) is 5.91 Å². The third-order valence-corrected chi connectivity index (χ3v) is 6.32. The van der Waals surface area contributed by atoms with Gasteiger partial charge >= 0.3 is 0 Å². The van der Waals surface area contributed by atoms with E-state index < -0.39 is 0 Å². The molecule has 3 heterocycles. The molecule has 156 valence electrons. The van der Waals surface area contributed by atoms with Crippen LogP contribution in [0, 0.1) is 12.8 Å². The first-order valence-electron chi connectivity index (χ1n) is 9.82. The van der Waals surface area contributed by atoms with Crippen molar-refractivity contribution in [2.75, 3.05) is 13.1 Å². The Labute approximate surface area is 183 Å². The van der Waals surface area contributed by atoms with Crippen LogP contribution in [0.5, 0.6) is 0 Å². The molecule has 8 heteroatoms. The van der Waals surface area contributed by atoms with E-state index in [4.69, 9.17) is 16.1 Å². The maximum Gasteiger partial charge on any atom is 0.276 e. The first-order valence-corrected chi connectivity index (χ1v) is 11.1. The lowest BCUT2D eigenvalue weighted by Crippen LogP contribution is -2.43. The second-order valence-corrected chi connectivity index (χ2v) is 8.66. The van der Waals surface area contributed by atoms with Gasteiger partial charge in [0.1, 0.15) is 5.76 Å². The number of aromatic nitrogens is 1. The summed E-state index contributed by atoms with van der Waals surface area (Å²) in [6.45, 7) is 2.80. The van der Waals surface area contributed by atoms with Crippen molar-refractivity contribution in [3.05, 3.63) is 74.8 Å². The minimum Gasteiger partial charge on any atom is -0.361 e. The molecule has 30 heavy (non-hydrogen) atoms. The number of amides is 2. The smallest absolute Gasteiger partial charge is 0.276 e. The van der Waals surface area contributed by atoms with E-state index in [9.17, 15) is 9.59 Å². The number of halogens is 1. The molecule has 0 spiro atoms. The number of rotatable bonds is 5. The molecule has 4 rings (SSSR count). The number of hydrogen-bond acceptors (Lipinski definition) is 5. The Kier molecular flexibility index (Phi) is 6.20. The van der Waals surface area contributed by atoms with Crippen LogP contribution in [0.3, 0.4) is 0 Å². The van der Waals surface area contributed by atoms with Gasteiger partial charge in [-0.15, -0.1) is 0 Å². The predicted octanol–water partition coefficient (Wildman–Crippen LogP) is 4.46. The van der Waals surface area contributed by atoms with Crippen LogP contribution in [0.2, 0.25) is 5.02 Å². The minimum atomic E-state index is -0.223. The molecule has 0 aliphatic carbocycles. The second-order valence-electron chi connectivity index (χ2n) is 7.44. The average Bonchev–Trinajstić information content (AvgIpc) is 3.44. The molecule has 1 atom stereocenters. The van der Waals surface area contributed by atoms with Crippen molar-refractivity contribution in [1.29, 1.82) is 0 Å². The molecule has 1 aliphatic rings. The molecule has 1 fully saturated rings.